The van der Waals surface area contributed by atoms with Gasteiger partial charge in [0, 0.05) is 44.0 Å². The largest absolute Gasteiger partial charge is 0.444 e. The molecule has 166 valence electrons. The number of aromatic nitrogens is 3. The molecule has 0 bridgehead atoms. The minimum atomic E-state index is -1.18. The molecule has 3 aromatic rings. The summed E-state index contributed by atoms with van der Waals surface area (Å²) in [6, 6.07) is 9.94. The van der Waals surface area contributed by atoms with Gasteiger partial charge in [0.15, 0.2) is 0 Å². The summed E-state index contributed by atoms with van der Waals surface area (Å²) < 4.78 is 20.5. The molecule has 1 fully saturated rings. The van der Waals surface area contributed by atoms with E-state index in [0.29, 0.717) is 29.7 Å². The summed E-state index contributed by atoms with van der Waals surface area (Å²) >= 11 is 1.37. The van der Waals surface area contributed by atoms with E-state index in [2.05, 4.69) is 15.0 Å². The summed E-state index contributed by atoms with van der Waals surface area (Å²) in [6.45, 7) is 9.05. The van der Waals surface area contributed by atoms with Gasteiger partial charge in [0.1, 0.15) is 5.60 Å². The average Bonchev–Trinajstić information content (AvgIpc) is 3.31. The maximum absolute atomic E-state index is 12.7. The average molecular weight is 462 g/mol. The highest BCUT2D eigenvalue weighted by molar-refractivity contribution is 7.87. The molecule has 0 N–H and O–H groups in total. The molecule has 0 saturated carbocycles. The summed E-state index contributed by atoms with van der Waals surface area (Å²) in [6.07, 6.45) is 1.61. The number of imidazole rings is 1. The number of hydrogen-bond donors (Lipinski definition) is 0. The molecule has 1 unspecified atom stereocenters. The summed E-state index contributed by atoms with van der Waals surface area (Å²) in [5.41, 5.74) is 1.41. The van der Waals surface area contributed by atoms with Crippen LogP contribution in [0.4, 0.5) is 4.79 Å². The summed E-state index contributed by atoms with van der Waals surface area (Å²) in [4.78, 5) is 21.5. The van der Waals surface area contributed by atoms with Crippen LogP contribution in [0.5, 0.6) is 0 Å². The lowest BCUT2D eigenvalue weighted by atomic mass is 10.2. The zero-order valence-corrected chi connectivity index (χ0v) is 19.6. The Bertz CT molecular complexity index is 1030. The molecule has 4 rings (SSSR count). The standard InChI is InChI=1S/C21H27N5O3S2/c1-21(2,3)29-20(27)25-11-9-24(10-12-25)13-14-31(28)19-23-26-15-17(22-18(26)30-19)16-7-5-4-6-8-16/h4-8,15H,9-14H2,1-3H3. The number of nitrogens with zero attached hydrogens (tertiary/aromatic N) is 5. The van der Waals surface area contributed by atoms with Crippen molar-refractivity contribution in [1.29, 1.82) is 0 Å². The zero-order valence-electron chi connectivity index (χ0n) is 18.0. The van der Waals surface area contributed by atoms with Gasteiger partial charge >= 0.3 is 6.09 Å². The highest BCUT2D eigenvalue weighted by Gasteiger charge is 2.26. The fourth-order valence-electron chi connectivity index (χ4n) is 3.30. The van der Waals surface area contributed by atoms with E-state index < -0.39 is 16.4 Å². The summed E-state index contributed by atoms with van der Waals surface area (Å²) in [5.74, 6) is 0.509. The molecule has 31 heavy (non-hydrogen) atoms. The third kappa shape index (κ3) is 5.50. The molecule has 0 aliphatic carbocycles. The Morgan fingerprint density at radius 1 is 1.16 bits per heavy atom. The maximum atomic E-state index is 12.7. The first-order valence-corrected chi connectivity index (χ1v) is 12.4. The molecular weight excluding hydrogens is 434 g/mol. The Morgan fingerprint density at radius 2 is 1.87 bits per heavy atom. The van der Waals surface area contributed by atoms with Crippen LogP contribution in [0.25, 0.3) is 16.2 Å². The van der Waals surface area contributed by atoms with Crippen molar-refractivity contribution in [3.05, 3.63) is 36.5 Å². The van der Waals surface area contributed by atoms with Crippen LogP contribution in [-0.4, -0.2) is 78.8 Å². The number of carbonyl (C=O) groups excluding carboxylic acids is 1. The first-order chi connectivity index (χ1) is 14.8. The van der Waals surface area contributed by atoms with Crippen LogP contribution in [0, 0.1) is 0 Å². The number of ether oxygens (including phenoxy) is 1. The number of carbonyl (C=O) groups is 1. The van der Waals surface area contributed by atoms with Gasteiger partial charge in [0.2, 0.25) is 9.30 Å². The van der Waals surface area contributed by atoms with E-state index >= 15 is 0 Å². The quantitative estimate of drug-likeness (QED) is 0.581. The Labute approximate surface area is 188 Å². The lowest BCUT2D eigenvalue weighted by molar-refractivity contribution is 0.0150. The first kappa shape index (κ1) is 21.9. The van der Waals surface area contributed by atoms with Crippen molar-refractivity contribution < 1.29 is 13.7 Å². The van der Waals surface area contributed by atoms with Gasteiger partial charge in [-0.05, 0) is 20.8 Å². The van der Waals surface area contributed by atoms with E-state index in [1.54, 1.807) is 9.42 Å². The van der Waals surface area contributed by atoms with Crippen LogP contribution in [0.15, 0.2) is 40.9 Å². The van der Waals surface area contributed by atoms with Gasteiger partial charge in [-0.25, -0.2) is 14.3 Å². The number of hydrogen-bond acceptors (Lipinski definition) is 7. The predicted octanol–water partition coefficient (Wildman–Crippen LogP) is 3.12. The molecule has 1 saturated heterocycles. The Balaban J connectivity index is 1.28. The number of amides is 1. The van der Waals surface area contributed by atoms with Gasteiger partial charge in [0.05, 0.1) is 22.7 Å². The van der Waals surface area contributed by atoms with E-state index in [0.717, 1.165) is 29.3 Å². The van der Waals surface area contributed by atoms with Crippen LogP contribution >= 0.6 is 11.3 Å². The number of benzene rings is 1. The molecule has 1 amide bonds. The number of piperazine rings is 1. The fourth-order valence-corrected chi connectivity index (χ4v) is 5.54. The molecule has 0 radical (unpaired) electrons. The van der Waals surface area contributed by atoms with Crippen molar-refractivity contribution in [3.63, 3.8) is 0 Å². The molecule has 0 spiro atoms. The van der Waals surface area contributed by atoms with Crippen molar-refractivity contribution >= 4 is 33.2 Å². The van der Waals surface area contributed by atoms with Crippen molar-refractivity contribution in [2.24, 2.45) is 0 Å². The molecule has 1 aromatic carbocycles. The van der Waals surface area contributed by atoms with Gasteiger partial charge in [0.25, 0.3) is 0 Å². The van der Waals surface area contributed by atoms with Crippen LogP contribution in [0.1, 0.15) is 20.8 Å². The third-order valence-electron chi connectivity index (χ3n) is 4.91. The van der Waals surface area contributed by atoms with E-state index in [1.165, 1.54) is 11.3 Å². The molecule has 1 aliphatic rings. The normalized spacial score (nSPS) is 16.5. The van der Waals surface area contributed by atoms with Gasteiger partial charge in [-0.1, -0.05) is 41.7 Å². The summed E-state index contributed by atoms with van der Waals surface area (Å²) in [5, 5.41) is 4.48. The highest BCUT2D eigenvalue weighted by Crippen LogP contribution is 2.23. The van der Waals surface area contributed by atoms with E-state index in [9.17, 15) is 9.00 Å². The lowest BCUT2D eigenvalue weighted by Crippen LogP contribution is -2.50. The second-order valence-electron chi connectivity index (χ2n) is 8.45. The van der Waals surface area contributed by atoms with Gasteiger partial charge in [-0.15, -0.1) is 5.10 Å². The number of fused-ring (bicyclic) bond motifs is 1. The van der Waals surface area contributed by atoms with E-state index in [1.807, 2.05) is 57.3 Å². The van der Waals surface area contributed by atoms with Crippen LogP contribution in [0.3, 0.4) is 0 Å². The summed E-state index contributed by atoms with van der Waals surface area (Å²) in [7, 11) is -1.18. The SMILES string of the molecule is CC(C)(C)OC(=O)N1CCN(CCS(=O)c2nn3cc(-c4ccccc4)nc3s2)CC1. The van der Waals surface area contributed by atoms with Crippen LogP contribution in [0.2, 0.25) is 0 Å². The van der Waals surface area contributed by atoms with Gasteiger partial charge in [-0.2, -0.15) is 0 Å². The first-order valence-electron chi connectivity index (χ1n) is 10.3. The maximum Gasteiger partial charge on any atom is 0.410 e. The van der Waals surface area contributed by atoms with Crippen molar-refractivity contribution in [3.8, 4) is 11.3 Å². The zero-order chi connectivity index (χ0) is 22.0. The molecule has 1 atom stereocenters. The van der Waals surface area contributed by atoms with Crippen molar-refractivity contribution in [1.82, 2.24) is 24.4 Å². The van der Waals surface area contributed by atoms with Crippen molar-refractivity contribution in [2.75, 3.05) is 38.5 Å². The predicted molar refractivity (Wildman–Crippen MR) is 122 cm³/mol. The third-order valence-corrected chi connectivity index (χ3v) is 7.46. The Kier molecular flexibility index (Phi) is 6.40. The van der Waals surface area contributed by atoms with E-state index in [-0.39, 0.29) is 6.09 Å². The second-order valence-corrected chi connectivity index (χ2v) is 11.1. The van der Waals surface area contributed by atoms with Gasteiger partial charge < -0.3 is 9.64 Å². The fraction of sp³-hybridized carbons (Fsp3) is 0.476. The molecular formula is C21H27N5O3S2. The minimum Gasteiger partial charge on any atom is -0.444 e. The lowest BCUT2D eigenvalue weighted by Gasteiger charge is -2.35. The molecule has 8 nitrogen and oxygen atoms in total. The second kappa shape index (κ2) is 9.05. The molecule has 3 heterocycles. The number of rotatable bonds is 5. The molecule has 10 heteroatoms. The Hall–Kier alpha value is -2.30. The Morgan fingerprint density at radius 3 is 2.52 bits per heavy atom. The topological polar surface area (TPSA) is 80.0 Å². The molecule has 1 aliphatic heterocycles. The highest BCUT2D eigenvalue weighted by atomic mass is 32.2. The van der Waals surface area contributed by atoms with Gasteiger partial charge in [-0.3, -0.25) is 9.11 Å². The monoisotopic (exact) mass is 461 g/mol. The minimum absolute atomic E-state index is 0.267. The van der Waals surface area contributed by atoms with Crippen LogP contribution < -0.4 is 0 Å². The van der Waals surface area contributed by atoms with Crippen molar-refractivity contribution in [2.45, 2.75) is 30.7 Å². The van der Waals surface area contributed by atoms with E-state index in [4.69, 9.17) is 4.74 Å². The smallest absolute Gasteiger partial charge is 0.410 e. The molecule has 2 aromatic heterocycles. The van der Waals surface area contributed by atoms with Crippen LogP contribution in [-0.2, 0) is 15.5 Å².